The number of hydrogen-bond acceptors (Lipinski definition) is 2. The molecule has 0 bridgehead atoms. The molecule has 106 valence electrons. The van der Waals surface area contributed by atoms with Crippen LogP contribution < -0.4 is 5.32 Å². The third-order valence-corrected chi connectivity index (χ3v) is 4.72. The average Bonchev–Trinajstić information content (AvgIpc) is 3.18. The number of amides is 1. The summed E-state index contributed by atoms with van der Waals surface area (Å²) in [4.78, 5) is 23.3. The fraction of sp³-hybridized carbons (Fsp3) is 0.500. The summed E-state index contributed by atoms with van der Waals surface area (Å²) in [7, 11) is 0. The summed E-state index contributed by atoms with van der Waals surface area (Å²) in [5.74, 6) is -0.451. The topological polar surface area (TPSA) is 66.4 Å². The predicted octanol–water partition coefficient (Wildman–Crippen LogP) is 2.16. The Labute approximate surface area is 118 Å². The van der Waals surface area contributed by atoms with Gasteiger partial charge in [0.05, 0.1) is 5.41 Å². The van der Waals surface area contributed by atoms with Crippen molar-refractivity contribution in [1.29, 1.82) is 0 Å². The van der Waals surface area contributed by atoms with Crippen molar-refractivity contribution in [3.8, 4) is 0 Å². The largest absolute Gasteiger partial charge is 0.481 e. The van der Waals surface area contributed by atoms with Gasteiger partial charge in [-0.25, -0.2) is 0 Å². The molecule has 1 amide bonds. The molecule has 2 atom stereocenters. The van der Waals surface area contributed by atoms with Gasteiger partial charge >= 0.3 is 5.97 Å². The van der Waals surface area contributed by atoms with Gasteiger partial charge in [-0.1, -0.05) is 36.8 Å². The normalized spacial score (nSPS) is 26.4. The van der Waals surface area contributed by atoms with Crippen LogP contribution in [0.25, 0.3) is 0 Å². The SMILES string of the molecule is O=C(NCC1(C(=O)O)CCC1)C1CC1c1ccccc1. The van der Waals surface area contributed by atoms with E-state index < -0.39 is 11.4 Å². The first-order valence-electron chi connectivity index (χ1n) is 7.18. The standard InChI is InChI=1S/C16H19NO3/c18-14(17-10-16(15(19)20)7-4-8-16)13-9-12(13)11-5-2-1-3-6-11/h1-3,5-6,12-13H,4,7-10H2,(H,17,18)(H,19,20). The maximum Gasteiger partial charge on any atom is 0.311 e. The van der Waals surface area contributed by atoms with Crippen molar-refractivity contribution in [1.82, 2.24) is 5.32 Å². The summed E-state index contributed by atoms with van der Waals surface area (Å²) in [6.45, 7) is 0.277. The van der Waals surface area contributed by atoms with Crippen LogP contribution in [-0.4, -0.2) is 23.5 Å². The number of carboxylic acids is 1. The molecule has 20 heavy (non-hydrogen) atoms. The van der Waals surface area contributed by atoms with E-state index in [1.165, 1.54) is 5.56 Å². The van der Waals surface area contributed by atoms with Crippen molar-refractivity contribution in [3.05, 3.63) is 35.9 Å². The van der Waals surface area contributed by atoms with E-state index in [0.29, 0.717) is 18.8 Å². The van der Waals surface area contributed by atoms with Gasteiger partial charge in [0.2, 0.25) is 5.91 Å². The van der Waals surface area contributed by atoms with Gasteiger partial charge in [-0.15, -0.1) is 0 Å². The second kappa shape index (κ2) is 4.93. The third kappa shape index (κ3) is 2.30. The molecule has 0 heterocycles. The lowest BCUT2D eigenvalue weighted by Crippen LogP contribution is -2.48. The van der Waals surface area contributed by atoms with Gasteiger partial charge in [0.1, 0.15) is 0 Å². The van der Waals surface area contributed by atoms with E-state index in [0.717, 1.165) is 12.8 Å². The van der Waals surface area contributed by atoms with E-state index in [1.807, 2.05) is 30.3 Å². The maximum atomic E-state index is 12.1. The van der Waals surface area contributed by atoms with Crippen LogP contribution in [0, 0.1) is 11.3 Å². The molecule has 0 aromatic heterocycles. The minimum absolute atomic E-state index is 0.00591. The van der Waals surface area contributed by atoms with Gasteiger partial charge in [-0.2, -0.15) is 0 Å². The van der Waals surface area contributed by atoms with Crippen molar-refractivity contribution < 1.29 is 14.7 Å². The zero-order valence-electron chi connectivity index (χ0n) is 11.3. The van der Waals surface area contributed by atoms with E-state index >= 15 is 0 Å². The lowest BCUT2D eigenvalue weighted by atomic mass is 9.69. The molecule has 2 fully saturated rings. The van der Waals surface area contributed by atoms with Crippen LogP contribution in [-0.2, 0) is 9.59 Å². The minimum atomic E-state index is -0.778. The Bertz CT molecular complexity index is 522. The number of carbonyl (C=O) groups excluding carboxylic acids is 1. The lowest BCUT2D eigenvalue weighted by Gasteiger charge is -2.37. The Morgan fingerprint density at radius 3 is 2.50 bits per heavy atom. The number of aliphatic carboxylic acids is 1. The van der Waals surface area contributed by atoms with Crippen LogP contribution in [0.5, 0.6) is 0 Å². The Kier molecular flexibility index (Phi) is 3.24. The van der Waals surface area contributed by atoms with E-state index in [9.17, 15) is 14.7 Å². The number of rotatable bonds is 5. The average molecular weight is 273 g/mol. The highest BCUT2D eigenvalue weighted by atomic mass is 16.4. The molecule has 4 nitrogen and oxygen atoms in total. The quantitative estimate of drug-likeness (QED) is 0.864. The molecule has 2 N–H and O–H groups in total. The van der Waals surface area contributed by atoms with Crippen molar-refractivity contribution in [2.75, 3.05) is 6.54 Å². The van der Waals surface area contributed by atoms with E-state index in [-0.39, 0.29) is 18.4 Å². The minimum Gasteiger partial charge on any atom is -0.481 e. The molecule has 2 aliphatic rings. The van der Waals surface area contributed by atoms with Crippen molar-refractivity contribution >= 4 is 11.9 Å². The molecule has 0 spiro atoms. The molecule has 2 aliphatic carbocycles. The first-order chi connectivity index (χ1) is 9.62. The van der Waals surface area contributed by atoms with Crippen molar-refractivity contribution in [2.24, 2.45) is 11.3 Å². The number of benzene rings is 1. The Morgan fingerprint density at radius 1 is 1.25 bits per heavy atom. The van der Waals surface area contributed by atoms with Gasteiger partial charge in [0, 0.05) is 12.5 Å². The van der Waals surface area contributed by atoms with Crippen LogP contribution in [0.4, 0.5) is 0 Å². The molecule has 2 saturated carbocycles. The zero-order chi connectivity index (χ0) is 14.2. The summed E-state index contributed by atoms with van der Waals surface area (Å²) >= 11 is 0. The van der Waals surface area contributed by atoms with Gasteiger partial charge in [0.15, 0.2) is 0 Å². The smallest absolute Gasteiger partial charge is 0.311 e. The molecule has 1 aromatic carbocycles. The highest BCUT2D eigenvalue weighted by Gasteiger charge is 2.47. The molecular formula is C16H19NO3. The highest BCUT2D eigenvalue weighted by molar-refractivity contribution is 5.84. The van der Waals surface area contributed by atoms with Crippen LogP contribution in [0.1, 0.15) is 37.2 Å². The van der Waals surface area contributed by atoms with Gasteiger partial charge in [-0.05, 0) is 30.7 Å². The van der Waals surface area contributed by atoms with Crippen molar-refractivity contribution in [2.45, 2.75) is 31.6 Å². The zero-order valence-corrected chi connectivity index (χ0v) is 11.3. The van der Waals surface area contributed by atoms with Crippen LogP contribution in [0.3, 0.4) is 0 Å². The molecule has 0 radical (unpaired) electrons. The molecule has 2 unspecified atom stereocenters. The number of carbonyl (C=O) groups is 2. The van der Waals surface area contributed by atoms with E-state index in [4.69, 9.17) is 0 Å². The van der Waals surface area contributed by atoms with Crippen LogP contribution >= 0.6 is 0 Å². The third-order valence-electron chi connectivity index (χ3n) is 4.72. The number of nitrogens with one attached hydrogen (secondary N) is 1. The molecule has 3 rings (SSSR count). The first kappa shape index (κ1) is 13.2. The molecular weight excluding hydrogens is 254 g/mol. The summed E-state index contributed by atoms with van der Waals surface area (Å²) in [6.07, 6.45) is 3.17. The Hall–Kier alpha value is -1.84. The molecule has 1 aromatic rings. The summed E-state index contributed by atoms with van der Waals surface area (Å²) < 4.78 is 0. The van der Waals surface area contributed by atoms with Gasteiger partial charge < -0.3 is 10.4 Å². The Morgan fingerprint density at radius 2 is 1.95 bits per heavy atom. The molecule has 4 heteroatoms. The second-order valence-corrected chi connectivity index (χ2v) is 6.02. The van der Waals surface area contributed by atoms with E-state index in [1.54, 1.807) is 0 Å². The fourth-order valence-electron chi connectivity index (χ4n) is 3.01. The van der Waals surface area contributed by atoms with Crippen LogP contribution in [0.15, 0.2) is 30.3 Å². The molecule has 0 saturated heterocycles. The van der Waals surface area contributed by atoms with Crippen LogP contribution in [0.2, 0.25) is 0 Å². The fourth-order valence-corrected chi connectivity index (χ4v) is 3.01. The number of carboxylic acid groups (broad SMARTS) is 1. The van der Waals surface area contributed by atoms with Gasteiger partial charge in [-0.3, -0.25) is 9.59 Å². The maximum absolute atomic E-state index is 12.1. The Balaban J connectivity index is 1.53. The summed E-state index contributed by atoms with van der Waals surface area (Å²) in [6, 6.07) is 10.0. The summed E-state index contributed by atoms with van der Waals surface area (Å²) in [5.41, 5.74) is 0.497. The van der Waals surface area contributed by atoms with Crippen molar-refractivity contribution in [3.63, 3.8) is 0 Å². The first-order valence-corrected chi connectivity index (χ1v) is 7.18. The molecule has 0 aliphatic heterocycles. The van der Waals surface area contributed by atoms with Gasteiger partial charge in [0.25, 0.3) is 0 Å². The lowest BCUT2D eigenvalue weighted by molar-refractivity contribution is -0.154. The second-order valence-electron chi connectivity index (χ2n) is 6.02. The highest BCUT2D eigenvalue weighted by Crippen LogP contribution is 2.48. The number of hydrogen-bond donors (Lipinski definition) is 2. The summed E-state index contributed by atoms with van der Waals surface area (Å²) in [5, 5.41) is 12.1. The monoisotopic (exact) mass is 273 g/mol. The predicted molar refractivity (Wildman–Crippen MR) is 74.2 cm³/mol. The van der Waals surface area contributed by atoms with E-state index in [2.05, 4.69) is 5.32 Å².